The highest BCUT2D eigenvalue weighted by Gasteiger charge is 2.12. The summed E-state index contributed by atoms with van der Waals surface area (Å²) in [6.45, 7) is 2.42. The molecule has 2 amide bonds. The second-order valence-electron chi connectivity index (χ2n) is 4.78. The molecule has 0 fully saturated rings. The number of rotatable bonds is 5. The van der Waals surface area contributed by atoms with Crippen LogP contribution in [-0.2, 0) is 9.59 Å². The molecule has 6 nitrogen and oxygen atoms in total. The quantitative estimate of drug-likeness (QED) is 0.474. The molecule has 0 unspecified atom stereocenters. The van der Waals surface area contributed by atoms with Crippen molar-refractivity contribution in [3.63, 3.8) is 0 Å². The van der Waals surface area contributed by atoms with Crippen molar-refractivity contribution in [3.05, 3.63) is 58.1 Å². The zero-order valence-corrected chi connectivity index (χ0v) is 14.8. The second kappa shape index (κ2) is 9.05. The highest BCUT2D eigenvalue weighted by Crippen LogP contribution is 2.19. The third kappa shape index (κ3) is 5.77. The number of amides is 2. The van der Waals surface area contributed by atoms with Crippen molar-refractivity contribution in [2.45, 2.75) is 6.92 Å². The first-order chi connectivity index (χ1) is 12.0. The first-order valence-corrected chi connectivity index (χ1v) is 8.07. The van der Waals surface area contributed by atoms with E-state index < -0.39 is 11.8 Å². The summed E-state index contributed by atoms with van der Waals surface area (Å²) in [5.41, 5.74) is 3.15. The Balaban J connectivity index is 1.89. The lowest BCUT2D eigenvalue weighted by Gasteiger charge is -2.06. The Bertz CT molecular complexity index is 792. The Morgan fingerprint density at radius 2 is 1.84 bits per heavy atom. The predicted molar refractivity (Wildman–Crippen MR) is 98.4 cm³/mol. The van der Waals surface area contributed by atoms with Crippen LogP contribution in [0.2, 0.25) is 10.0 Å². The van der Waals surface area contributed by atoms with Gasteiger partial charge in [0.15, 0.2) is 0 Å². The van der Waals surface area contributed by atoms with E-state index in [1.807, 2.05) is 6.92 Å². The van der Waals surface area contributed by atoms with Crippen molar-refractivity contribution < 1.29 is 14.3 Å². The molecular weight excluding hydrogens is 365 g/mol. The molecule has 0 aromatic heterocycles. The highest BCUT2D eigenvalue weighted by atomic mass is 35.5. The molecule has 2 aromatic carbocycles. The molecule has 0 radical (unpaired) electrons. The summed E-state index contributed by atoms with van der Waals surface area (Å²) >= 11 is 11.8. The van der Waals surface area contributed by atoms with Crippen LogP contribution in [0, 0.1) is 0 Å². The SMILES string of the molecule is CCOc1ccc(NC(=O)C(=O)NN=Cc2ccc(Cl)cc2Cl)cc1. The summed E-state index contributed by atoms with van der Waals surface area (Å²) in [4.78, 5) is 23.5. The molecule has 0 aliphatic rings. The standard InChI is InChI=1S/C17H15Cl2N3O3/c1-2-25-14-7-5-13(6-8-14)21-16(23)17(24)22-20-10-11-3-4-12(18)9-15(11)19/h3-10H,2H2,1H3,(H,21,23)(H,22,24). The van der Waals surface area contributed by atoms with Gasteiger partial charge in [-0.15, -0.1) is 0 Å². The monoisotopic (exact) mass is 379 g/mol. The molecule has 0 bridgehead atoms. The number of nitrogens with zero attached hydrogens (tertiary/aromatic N) is 1. The summed E-state index contributed by atoms with van der Waals surface area (Å²) in [5, 5.41) is 7.02. The number of hydrogen-bond acceptors (Lipinski definition) is 4. The van der Waals surface area contributed by atoms with Gasteiger partial charge in [-0.25, -0.2) is 5.43 Å². The Kier molecular flexibility index (Phi) is 6.80. The second-order valence-corrected chi connectivity index (χ2v) is 5.62. The van der Waals surface area contributed by atoms with Crippen LogP contribution in [0.25, 0.3) is 0 Å². The number of carbonyl (C=O) groups is 2. The molecule has 130 valence electrons. The molecule has 0 aliphatic carbocycles. The van der Waals surface area contributed by atoms with Crippen LogP contribution in [0.3, 0.4) is 0 Å². The minimum Gasteiger partial charge on any atom is -0.494 e. The summed E-state index contributed by atoms with van der Waals surface area (Å²) in [5.74, 6) is -1.08. The average Bonchev–Trinajstić information content (AvgIpc) is 2.58. The molecule has 0 aliphatic heterocycles. The first kappa shape index (κ1) is 18.8. The summed E-state index contributed by atoms with van der Waals surface area (Å²) in [7, 11) is 0. The normalized spacial score (nSPS) is 10.5. The Hall–Kier alpha value is -2.57. The van der Waals surface area contributed by atoms with Crippen LogP contribution in [0.5, 0.6) is 5.75 Å². The molecule has 0 heterocycles. The van der Waals surface area contributed by atoms with Crippen LogP contribution in [0.15, 0.2) is 47.6 Å². The summed E-state index contributed by atoms with van der Waals surface area (Å²) < 4.78 is 5.30. The summed E-state index contributed by atoms with van der Waals surface area (Å²) in [6, 6.07) is 11.5. The lowest BCUT2D eigenvalue weighted by atomic mass is 10.2. The van der Waals surface area contributed by atoms with Gasteiger partial charge in [0.25, 0.3) is 0 Å². The van der Waals surface area contributed by atoms with Gasteiger partial charge in [-0.1, -0.05) is 29.3 Å². The van der Waals surface area contributed by atoms with Crippen molar-refractivity contribution in [1.29, 1.82) is 0 Å². The maximum atomic E-state index is 11.8. The number of nitrogens with one attached hydrogen (secondary N) is 2. The molecule has 25 heavy (non-hydrogen) atoms. The van der Waals surface area contributed by atoms with Gasteiger partial charge in [0.2, 0.25) is 0 Å². The lowest BCUT2D eigenvalue weighted by Crippen LogP contribution is -2.32. The van der Waals surface area contributed by atoms with Crippen molar-refractivity contribution in [2.75, 3.05) is 11.9 Å². The van der Waals surface area contributed by atoms with Crippen LogP contribution in [-0.4, -0.2) is 24.6 Å². The first-order valence-electron chi connectivity index (χ1n) is 7.32. The van der Waals surface area contributed by atoms with E-state index in [1.54, 1.807) is 42.5 Å². The van der Waals surface area contributed by atoms with Gasteiger partial charge in [-0.2, -0.15) is 5.10 Å². The number of hydrazone groups is 1. The Morgan fingerprint density at radius 1 is 1.12 bits per heavy atom. The van der Waals surface area contributed by atoms with Gasteiger partial charge < -0.3 is 10.1 Å². The van der Waals surface area contributed by atoms with Gasteiger partial charge in [0.1, 0.15) is 5.75 Å². The maximum absolute atomic E-state index is 11.8. The fourth-order valence-corrected chi connectivity index (χ4v) is 2.26. The maximum Gasteiger partial charge on any atom is 0.329 e. The van der Waals surface area contributed by atoms with Gasteiger partial charge in [0.05, 0.1) is 17.8 Å². The fourth-order valence-electron chi connectivity index (χ4n) is 1.81. The van der Waals surface area contributed by atoms with E-state index in [1.165, 1.54) is 6.21 Å². The van der Waals surface area contributed by atoms with Crippen LogP contribution in [0.1, 0.15) is 12.5 Å². The van der Waals surface area contributed by atoms with E-state index in [0.717, 1.165) is 0 Å². The molecule has 0 saturated carbocycles. The third-order valence-corrected chi connectivity index (χ3v) is 3.52. The third-order valence-electron chi connectivity index (χ3n) is 2.96. The summed E-state index contributed by atoms with van der Waals surface area (Å²) in [6.07, 6.45) is 1.32. The molecule has 2 rings (SSSR count). The average molecular weight is 380 g/mol. The molecule has 2 aromatic rings. The van der Waals surface area contributed by atoms with E-state index in [9.17, 15) is 9.59 Å². The number of anilines is 1. The Morgan fingerprint density at radius 3 is 2.48 bits per heavy atom. The van der Waals surface area contributed by atoms with E-state index in [2.05, 4.69) is 15.8 Å². The van der Waals surface area contributed by atoms with E-state index in [-0.39, 0.29) is 0 Å². The van der Waals surface area contributed by atoms with Gasteiger partial charge in [-0.3, -0.25) is 9.59 Å². The number of halogens is 2. The molecular formula is C17H15Cl2N3O3. The number of hydrogen-bond donors (Lipinski definition) is 2. The zero-order chi connectivity index (χ0) is 18.2. The minimum absolute atomic E-state index is 0.379. The van der Waals surface area contributed by atoms with E-state index in [0.29, 0.717) is 33.7 Å². The number of benzene rings is 2. The number of carbonyl (C=O) groups excluding carboxylic acids is 2. The van der Waals surface area contributed by atoms with E-state index >= 15 is 0 Å². The molecule has 0 spiro atoms. The zero-order valence-electron chi connectivity index (χ0n) is 13.3. The predicted octanol–water partition coefficient (Wildman–Crippen LogP) is 3.48. The minimum atomic E-state index is -0.907. The van der Waals surface area contributed by atoms with E-state index in [4.69, 9.17) is 27.9 Å². The molecule has 2 N–H and O–H groups in total. The van der Waals surface area contributed by atoms with Gasteiger partial charge >= 0.3 is 11.8 Å². The van der Waals surface area contributed by atoms with Crippen molar-refractivity contribution in [1.82, 2.24) is 5.43 Å². The number of ether oxygens (including phenoxy) is 1. The van der Waals surface area contributed by atoms with Crippen molar-refractivity contribution in [2.24, 2.45) is 5.10 Å². The van der Waals surface area contributed by atoms with Crippen molar-refractivity contribution in [3.8, 4) is 5.75 Å². The molecule has 8 heteroatoms. The Labute approximate surface area is 154 Å². The van der Waals surface area contributed by atoms with Gasteiger partial charge in [-0.05, 0) is 43.3 Å². The van der Waals surface area contributed by atoms with Crippen molar-refractivity contribution >= 4 is 46.9 Å². The lowest BCUT2D eigenvalue weighted by molar-refractivity contribution is -0.136. The smallest absolute Gasteiger partial charge is 0.329 e. The molecule has 0 saturated heterocycles. The van der Waals surface area contributed by atoms with Crippen LogP contribution in [0.4, 0.5) is 5.69 Å². The van der Waals surface area contributed by atoms with Crippen LogP contribution < -0.4 is 15.5 Å². The van der Waals surface area contributed by atoms with Gasteiger partial charge in [0, 0.05) is 16.3 Å². The topological polar surface area (TPSA) is 79.8 Å². The fraction of sp³-hybridized carbons (Fsp3) is 0.118. The highest BCUT2D eigenvalue weighted by molar-refractivity contribution is 6.39. The molecule has 0 atom stereocenters. The van der Waals surface area contributed by atoms with Crippen LogP contribution >= 0.6 is 23.2 Å². The largest absolute Gasteiger partial charge is 0.494 e.